The van der Waals surface area contributed by atoms with Crippen LogP contribution < -0.4 is 5.32 Å². The van der Waals surface area contributed by atoms with Gasteiger partial charge in [-0.25, -0.2) is 9.18 Å². The van der Waals surface area contributed by atoms with Crippen LogP contribution in [0.4, 0.5) is 10.1 Å². The van der Waals surface area contributed by atoms with Crippen LogP contribution in [0.3, 0.4) is 0 Å². The highest BCUT2D eigenvalue weighted by molar-refractivity contribution is 9.10. The van der Waals surface area contributed by atoms with Gasteiger partial charge >= 0.3 is 5.97 Å². The molecule has 21 heavy (non-hydrogen) atoms. The lowest BCUT2D eigenvalue weighted by Gasteiger charge is -2.07. The molecule has 1 aromatic carbocycles. The molecule has 1 N–H and O–H groups in total. The summed E-state index contributed by atoms with van der Waals surface area (Å²) in [6, 6.07) is 7.30. The van der Waals surface area contributed by atoms with Gasteiger partial charge in [0.25, 0.3) is 5.91 Å². The quantitative estimate of drug-likeness (QED) is 0.859. The smallest absolute Gasteiger partial charge is 0.340 e. The van der Waals surface area contributed by atoms with Crippen molar-refractivity contribution >= 4 is 33.5 Å². The minimum absolute atomic E-state index is 0.0145. The SMILES string of the molecule is O=C(COC(=O)c1cccnc1)Nc1ccc(Br)cc1F. The molecule has 0 aliphatic rings. The van der Waals surface area contributed by atoms with Crippen molar-refractivity contribution < 1.29 is 18.7 Å². The van der Waals surface area contributed by atoms with Crippen LogP contribution in [-0.2, 0) is 9.53 Å². The molecule has 0 unspecified atom stereocenters. The van der Waals surface area contributed by atoms with Crippen molar-refractivity contribution in [1.29, 1.82) is 0 Å². The topological polar surface area (TPSA) is 68.3 Å². The number of aromatic nitrogens is 1. The van der Waals surface area contributed by atoms with Crippen LogP contribution in [0, 0.1) is 5.82 Å². The zero-order valence-corrected chi connectivity index (χ0v) is 12.3. The maximum atomic E-state index is 13.5. The third-order valence-corrected chi connectivity index (χ3v) is 2.93. The van der Waals surface area contributed by atoms with Gasteiger partial charge in [0.05, 0.1) is 11.3 Å². The minimum atomic E-state index is -0.672. The van der Waals surface area contributed by atoms with Gasteiger partial charge in [-0.15, -0.1) is 0 Å². The molecule has 1 amide bonds. The third-order valence-electron chi connectivity index (χ3n) is 2.44. The molecule has 2 aromatic rings. The first-order valence-corrected chi connectivity index (χ1v) is 6.67. The van der Waals surface area contributed by atoms with Crippen molar-refractivity contribution in [2.24, 2.45) is 0 Å². The fourth-order valence-electron chi connectivity index (χ4n) is 1.48. The normalized spacial score (nSPS) is 10.0. The number of rotatable bonds is 4. The number of anilines is 1. The van der Waals surface area contributed by atoms with Gasteiger partial charge in [-0.05, 0) is 30.3 Å². The van der Waals surface area contributed by atoms with E-state index < -0.39 is 24.3 Å². The van der Waals surface area contributed by atoms with Crippen molar-refractivity contribution in [2.75, 3.05) is 11.9 Å². The Morgan fingerprint density at radius 3 is 2.81 bits per heavy atom. The molecule has 7 heteroatoms. The highest BCUT2D eigenvalue weighted by atomic mass is 79.9. The summed E-state index contributed by atoms with van der Waals surface area (Å²) in [5.74, 6) is -1.89. The molecule has 2 rings (SSSR count). The molecule has 0 atom stereocenters. The van der Waals surface area contributed by atoms with Crippen LogP contribution in [-0.4, -0.2) is 23.5 Å². The number of hydrogen-bond donors (Lipinski definition) is 1. The first-order valence-electron chi connectivity index (χ1n) is 5.88. The maximum Gasteiger partial charge on any atom is 0.340 e. The van der Waals surface area contributed by atoms with E-state index in [1.54, 1.807) is 12.1 Å². The van der Waals surface area contributed by atoms with Gasteiger partial charge in [0.15, 0.2) is 6.61 Å². The Labute approximate surface area is 128 Å². The van der Waals surface area contributed by atoms with Crippen LogP contribution in [0.2, 0.25) is 0 Å². The molecular weight excluding hydrogens is 343 g/mol. The van der Waals surface area contributed by atoms with Gasteiger partial charge < -0.3 is 10.1 Å². The standard InChI is InChI=1S/C14H10BrFN2O3/c15-10-3-4-12(11(16)6-10)18-13(19)8-21-14(20)9-2-1-5-17-7-9/h1-7H,8H2,(H,18,19). The van der Waals surface area contributed by atoms with Gasteiger partial charge in [0, 0.05) is 16.9 Å². The molecule has 0 radical (unpaired) electrons. The highest BCUT2D eigenvalue weighted by Gasteiger charge is 2.12. The van der Waals surface area contributed by atoms with Crippen LogP contribution >= 0.6 is 15.9 Å². The summed E-state index contributed by atoms with van der Waals surface area (Å²) in [7, 11) is 0. The summed E-state index contributed by atoms with van der Waals surface area (Å²) in [4.78, 5) is 27.0. The zero-order chi connectivity index (χ0) is 15.2. The minimum Gasteiger partial charge on any atom is -0.452 e. The highest BCUT2D eigenvalue weighted by Crippen LogP contribution is 2.19. The molecule has 0 saturated carbocycles. The van der Waals surface area contributed by atoms with Crippen LogP contribution in [0.1, 0.15) is 10.4 Å². The summed E-state index contributed by atoms with van der Waals surface area (Å²) in [5.41, 5.74) is 0.251. The lowest BCUT2D eigenvalue weighted by atomic mass is 10.3. The Hall–Kier alpha value is -2.28. The monoisotopic (exact) mass is 352 g/mol. The number of pyridine rings is 1. The molecule has 0 saturated heterocycles. The number of esters is 1. The second-order valence-corrected chi connectivity index (χ2v) is 4.91. The number of carbonyl (C=O) groups is 2. The largest absolute Gasteiger partial charge is 0.452 e. The Bertz CT molecular complexity index is 665. The van der Waals surface area contributed by atoms with Gasteiger partial charge in [0.2, 0.25) is 0 Å². The van der Waals surface area contributed by atoms with Gasteiger partial charge in [-0.1, -0.05) is 15.9 Å². The number of carbonyl (C=O) groups excluding carboxylic acids is 2. The average Bonchev–Trinajstić information content (AvgIpc) is 2.48. The van der Waals surface area contributed by atoms with Crippen molar-refractivity contribution in [1.82, 2.24) is 4.98 Å². The first-order chi connectivity index (χ1) is 10.1. The maximum absolute atomic E-state index is 13.5. The summed E-state index contributed by atoms with van der Waals surface area (Å²) in [5, 5.41) is 2.32. The van der Waals surface area contributed by atoms with Gasteiger partial charge in [-0.3, -0.25) is 9.78 Å². The Morgan fingerprint density at radius 1 is 1.33 bits per heavy atom. The van der Waals surface area contributed by atoms with E-state index in [1.165, 1.54) is 30.6 Å². The molecule has 0 bridgehead atoms. The molecule has 1 heterocycles. The third kappa shape index (κ3) is 4.35. The predicted octanol–water partition coefficient (Wildman–Crippen LogP) is 2.78. The van der Waals surface area contributed by atoms with Gasteiger partial charge in [-0.2, -0.15) is 0 Å². The molecule has 0 fully saturated rings. The van der Waals surface area contributed by atoms with E-state index >= 15 is 0 Å². The lowest BCUT2D eigenvalue weighted by molar-refractivity contribution is -0.119. The number of nitrogens with zero attached hydrogens (tertiary/aromatic N) is 1. The lowest BCUT2D eigenvalue weighted by Crippen LogP contribution is -2.21. The van der Waals surface area contributed by atoms with E-state index in [2.05, 4.69) is 26.2 Å². The summed E-state index contributed by atoms with van der Waals surface area (Å²) >= 11 is 3.11. The molecule has 5 nitrogen and oxygen atoms in total. The predicted molar refractivity (Wildman–Crippen MR) is 77.2 cm³/mol. The number of benzene rings is 1. The second kappa shape index (κ2) is 6.94. The Kier molecular flexibility index (Phi) is 4.99. The average molecular weight is 353 g/mol. The van der Waals surface area contributed by atoms with Crippen molar-refractivity contribution in [3.05, 3.63) is 58.6 Å². The second-order valence-electron chi connectivity index (χ2n) is 3.99. The van der Waals surface area contributed by atoms with E-state index in [-0.39, 0.29) is 11.3 Å². The van der Waals surface area contributed by atoms with Crippen molar-refractivity contribution in [2.45, 2.75) is 0 Å². The molecule has 0 aliphatic heterocycles. The number of halogens is 2. The van der Waals surface area contributed by atoms with Crippen LogP contribution in [0.15, 0.2) is 47.2 Å². The van der Waals surface area contributed by atoms with Crippen molar-refractivity contribution in [3.8, 4) is 0 Å². The van der Waals surface area contributed by atoms with E-state index in [9.17, 15) is 14.0 Å². The van der Waals surface area contributed by atoms with E-state index in [0.717, 1.165) is 0 Å². The molecule has 0 spiro atoms. The number of hydrogen-bond acceptors (Lipinski definition) is 4. The molecule has 1 aromatic heterocycles. The van der Waals surface area contributed by atoms with Gasteiger partial charge in [0.1, 0.15) is 5.82 Å². The fourth-order valence-corrected chi connectivity index (χ4v) is 1.81. The fraction of sp³-hybridized carbons (Fsp3) is 0.0714. The summed E-state index contributed by atoms with van der Waals surface area (Å²) in [6.07, 6.45) is 2.84. The summed E-state index contributed by atoms with van der Waals surface area (Å²) in [6.45, 7) is -0.511. The molecule has 0 aliphatic carbocycles. The van der Waals surface area contributed by atoms with E-state index in [4.69, 9.17) is 4.74 Å². The zero-order valence-electron chi connectivity index (χ0n) is 10.7. The Morgan fingerprint density at radius 2 is 2.14 bits per heavy atom. The van der Waals surface area contributed by atoms with E-state index in [0.29, 0.717) is 4.47 Å². The van der Waals surface area contributed by atoms with Crippen LogP contribution in [0.25, 0.3) is 0 Å². The molecule has 108 valence electrons. The molecular formula is C14H10BrFN2O3. The van der Waals surface area contributed by atoms with Crippen LogP contribution in [0.5, 0.6) is 0 Å². The Balaban J connectivity index is 1.89. The first kappa shape index (κ1) is 15.1. The number of nitrogens with one attached hydrogen (secondary N) is 1. The van der Waals surface area contributed by atoms with Crippen molar-refractivity contribution in [3.63, 3.8) is 0 Å². The number of ether oxygens (including phenoxy) is 1. The number of amides is 1. The van der Waals surface area contributed by atoms with E-state index in [1.807, 2.05) is 0 Å². The summed E-state index contributed by atoms with van der Waals surface area (Å²) < 4.78 is 18.9.